The van der Waals surface area contributed by atoms with Crippen molar-refractivity contribution in [1.82, 2.24) is 0 Å². The largest absolute Gasteiger partial charge is 0.426 e. The third-order valence-electron chi connectivity index (χ3n) is 8.83. The second-order valence-corrected chi connectivity index (χ2v) is 12.1. The second kappa shape index (κ2) is 15.5. The summed E-state index contributed by atoms with van der Waals surface area (Å²) in [5.74, 6) is -3.61. The van der Waals surface area contributed by atoms with Crippen LogP contribution in [0.15, 0.2) is 72.8 Å². The number of halogens is 2. The van der Waals surface area contributed by atoms with Gasteiger partial charge in [-0.25, -0.2) is 8.78 Å². The van der Waals surface area contributed by atoms with Gasteiger partial charge in [0.2, 0.25) is 0 Å². The highest BCUT2D eigenvalue weighted by Gasteiger charge is 2.33. The number of hydrogen-bond donors (Lipinski definition) is 0. The summed E-state index contributed by atoms with van der Waals surface area (Å²) < 4.78 is 42.3. The maximum Gasteiger partial charge on any atom is 0.314 e. The van der Waals surface area contributed by atoms with E-state index in [4.69, 9.17) is 9.47 Å². The predicted octanol–water partition coefficient (Wildman–Crippen LogP) is 9.26. The molecule has 0 aliphatic heterocycles. The Hall–Kier alpha value is -5.34. The van der Waals surface area contributed by atoms with Gasteiger partial charge in [0.05, 0.1) is 34.1 Å². The molecule has 0 spiro atoms. The third-order valence-corrected chi connectivity index (χ3v) is 8.83. The summed E-state index contributed by atoms with van der Waals surface area (Å²) in [6.45, 7) is 4.14. The van der Waals surface area contributed by atoms with E-state index in [1.165, 1.54) is 24.3 Å². The summed E-state index contributed by atoms with van der Waals surface area (Å²) in [5, 5.41) is 18.8. The molecule has 4 aromatic rings. The van der Waals surface area contributed by atoms with Crippen LogP contribution in [-0.2, 0) is 22.4 Å². The fraction of sp³-hybridized carbons (Fsp3) is 0.300. The van der Waals surface area contributed by atoms with Crippen molar-refractivity contribution in [3.63, 3.8) is 0 Å². The van der Waals surface area contributed by atoms with E-state index in [1.807, 2.05) is 36.4 Å². The molecule has 0 saturated heterocycles. The van der Waals surface area contributed by atoms with Gasteiger partial charge in [-0.05, 0) is 85.0 Å². The van der Waals surface area contributed by atoms with Crippen LogP contribution in [0.1, 0.15) is 74.6 Å². The van der Waals surface area contributed by atoms with Gasteiger partial charge in [-0.2, -0.15) is 10.5 Å². The van der Waals surface area contributed by atoms with Crippen molar-refractivity contribution in [2.45, 2.75) is 65.2 Å². The van der Waals surface area contributed by atoms with Crippen molar-refractivity contribution in [1.29, 1.82) is 10.5 Å². The van der Waals surface area contributed by atoms with Crippen LogP contribution in [-0.4, -0.2) is 11.9 Å². The molecule has 1 fully saturated rings. The molecule has 48 heavy (non-hydrogen) atoms. The molecule has 244 valence electrons. The Morgan fingerprint density at radius 1 is 0.625 bits per heavy atom. The summed E-state index contributed by atoms with van der Waals surface area (Å²) >= 11 is 0. The van der Waals surface area contributed by atoms with E-state index in [2.05, 4.69) is 13.8 Å². The minimum absolute atomic E-state index is 0.0272. The Labute approximate surface area is 279 Å². The van der Waals surface area contributed by atoms with Gasteiger partial charge in [-0.3, -0.25) is 9.59 Å². The lowest BCUT2D eigenvalue weighted by Crippen LogP contribution is -2.30. The smallest absolute Gasteiger partial charge is 0.314 e. The van der Waals surface area contributed by atoms with Crippen LogP contribution >= 0.6 is 0 Å². The summed E-state index contributed by atoms with van der Waals surface area (Å²) in [6.07, 6.45) is 5.02. The molecule has 1 saturated carbocycles. The topological polar surface area (TPSA) is 100 Å². The zero-order valence-electron chi connectivity index (χ0n) is 27.0. The highest BCUT2D eigenvalue weighted by molar-refractivity contribution is 5.83. The first-order valence-electron chi connectivity index (χ1n) is 16.3. The van der Waals surface area contributed by atoms with Gasteiger partial charge in [0.1, 0.15) is 23.6 Å². The summed E-state index contributed by atoms with van der Waals surface area (Å²) in [4.78, 5) is 26.6. The Kier molecular flexibility index (Phi) is 11.0. The zero-order chi connectivity index (χ0) is 34.2. The Bertz CT molecular complexity index is 1740. The molecule has 0 radical (unpaired) electrons. The van der Waals surface area contributed by atoms with Gasteiger partial charge in [-0.1, -0.05) is 75.2 Å². The van der Waals surface area contributed by atoms with Crippen LogP contribution in [0.2, 0.25) is 0 Å². The number of carbonyl (C=O) groups is 2. The lowest BCUT2D eigenvalue weighted by Gasteiger charge is -2.26. The molecule has 0 heterocycles. The number of carbonyl (C=O) groups excluding carboxylic acids is 2. The lowest BCUT2D eigenvalue weighted by molar-refractivity contribution is -0.145. The highest BCUT2D eigenvalue weighted by atomic mass is 19.1. The van der Waals surface area contributed by atoms with E-state index in [9.17, 15) is 20.1 Å². The molecular formula is C40H36F2N2O4. The number of nitriles is 2. The van der Waals surface area contributed by atoms with Gasteiger partial charge in [0.15, 0.2) is 11.6 Å². The van der Waals surface area contributed by atoms with E-state index in [0.717, 1.165) is 36.8 Å². The minimum atomic E-state index is -0.756. The van der Waals surface area contributed by atoms with Gasteiger partial charge >= 0.3 is 11.9 Å². The molecule has 1 aliphatic carbocycles. The molecule has 0 aromatic heterocycles. The average Bonchev–Trinajstić information content (AvgIpc) is 3.10. The Balaban J connectivity index is 1.28. The fourth-order valence-electron chi connectivity index (χ4n) is 6.20. The van der Waals surface area contributed by atoms with E-state index in [0.29, 0.717) is 36.8 Å². The van der Waals surface area contributed by atoms with Crippen molar-refractivity contribution in [2.75, 3.05) is 0 Å². The molecule has 0 atom stereocenters. The first-order valence-corrected chi connectivity index (χ1v) is 16.3. The number of benzene rings is 4. The van der Waals surface area contributed by atoms with Crippen LogP contribution in [0.4, 0.5) is 8.78 Å². The molecule has 5 rings (SSSR count). The SMILES string of the molecule is CCCc1ccc(-c2c(OC(=O)C3CCC(C(=O)Oc4ccc(C#N)c(F)c4-c4ccc(CCC)cc4)CC3)ccc(C#N)c2F)cc1. The average molecular weight is 647 g/mol. The second-order valence-electron chi connectivity index (χ2n) is 12.1. The summed E-state index contributed by atoms with van der Waals surface area (Å²) in [7, 11) is 0. The highest BCUT2D eigenvalue weighted by Crippen LogP contribution is 2.39. The molecular weight excluding hydrogens is 610 g/mol. The first kappa shape index (κ1) is 34.0. The van der Waals surface area contributed by atoms with Crippen LogP contribution in [0.25, 0.3) is 22.3 Å². The maximum atomic E-state index is 15.4. The third kappa shape index (κ3) is 7.45. The molecule has 0 N–H and O–H groups in total. The first-order chi connectivity index (χ1) is 23.3. The zero-order valence-corrected chi connectivity index (χ0v) is 27.0. The number of hydrogen-bond acceptors (Lipinski definition) is 6. The standard InChI is InChI=1S/C40H36F2N2O4/c1-3-5-25-7-11-27(12-8-25)35-33(21-19-31(23-43)37(35)41)47-39(45)29-15-17-30(18-16-29)40(46)48-34-22-20-32(24-44)38(42)36(34)28-13-9-26(6-4-2)10-14-28/h7-14,19-22,29-30H,3-6,15-18H2,1-2H3. The summed E-state index contributed by atoms with van der Waals surface area (Å²) in [6, 6.07) is 23.7. The molecule has 0 amide bonds. The van der Waals surface area contributed by atoms with Crippen LogP contribution in [0, 0.1) is 46.1 Å². The normalized spacial score (nSPS) is 15.6. The number of ether oxygens (including phenoxy) is 2. The molecule has 1 aliphatic rings. The van der Waals surface area contributed by atoms with Gasteiger partial charge in [-0.15, -0.1) is 0 Å². The number of aryl methyl sites for hydroxylation is 2. The van der Waals surface area contributed by atoms with E-state index in [1.54, 1.807) is 24.3 Å². The minimum Gasteiger partial charge on any atom is -0.426 e. The van der Waals surface area contributed by atoms with Crippen LogP contribution < -0.4 is 9.47 Å². The quantitative estimate of drug-likeness (QED) is 0.126. The van der Waals surface area contributed by atoms with Crippen LogP contribution in [0.3, 0.4) is 0 Å². The number of nitrogens with zero attached hydrogens (tertiary/aromatic N) is 2. The Morgan fingerprint density at radius 2 is 0.979 bits per heavy atom. The number of rotatable bonds is 10. The molecule has 4 aromatic carbocycles. The van der Waals surface area contributed by atoms with Crippen molar-refractivity contribution >= 4 is 11.9 Å². The van der Waals surface area contributed by atoms with Crippen molar-refractivity contribution in [3.05, 3.63) is 107 Å². The van der Waals surface area contributed by atoms with E-state index < -0.39 is 35.4 Å². The van der Waals surface area contributed by atoms with Gasteiger partial charge in [0, 0.05) is 0 Å². The van der Waals surface area contributed by atoms with Crippen molar-refractivity contribution in [3.8, 4) is 45.9 Å². The van der Waals surface area contributed by atoms with Crippen molar-refractivity contribution < 1.29 is 27.8 Å². The fourth-order valence-corrected chi connectivity index (χ4v) is 6.20. The molecule has 6 nitrogen and oxygen atoms in total. The lowest BCUT2D eigenvalue weighted by atomic mass is 9.82. The number of esters is 2. The van der Waals surface area contributed by atoms with Gasteiger partial charge in [0.25, 0.3) is 0 Å². The molecule has 0 bridgehead atoms. The Morgan fingerprint density at radius 3 is 1.29 bits per heavy atom. The van der Waals surface area contributed by atoms with Crippen molar-refractivity contribution in [2.24, 2.45) is 11.8 Å². The maximum absolute atomic E-state index is 15.4. The molecule has 8 heteroatoms. The van der Waals surface area contributed by atoms with Gasteiger partial charge < -0.3 is 9.47 Å². The monoisotopic (exact) mass is 646 g/mol. The predicted molar refractivity (Wildman–Crippen MR) is 178 cm³/mol. The van der Waals surface area contributed by atoms with E-state index in [-0.39, 0.29) is 33.8 Å². The molecule has 0 unspecified atom stereocenters. The van der Waals surface area contributed by atoms with E-state index >= 15 is 8.78 Å². The summed E-state index contributed by atoms with van der Waals surface area (Å²) in [5.41, 5.74) is 2.97. The van der Waals surface area contributed by atoms with Crippen LogP contribution in [0.5, 0.6) is 11.5 Å².